The molecule has 0 aromatic heterocycles. The van der Waals surface area contributed by atoms with Crippen molar-refractivity contribution in [2.24, 2.45) is 0 Å². The van der Waals surface area contributed by atoms with Crippen molar-refractivity contribution in [2.75, 3.05) is 26.8 Å². The van der Waals surface area contributed by atoms with Gasteiger partial charge in [-0.05, 0) is 24.6 Å². The van der Waals surface area contributed by atoms with Gasteiger partial charge >= 0.3 is 0 Å². The summed E-state index contributed by atoms with van der Waals surface area (Å²) in [4.78, 5) is 0. The summed E-state index contributed by atoms with van der Waals surface area (Å²) in [6, 6.07) is 6.67. The van der Waals surface area contributed by atoms with E-state index >= 15 is 0 Å². The van der Waals surface area contributed by atoms with Gasteiger partial charge in [-0.1, -0.05) is 37.9 Å². The molecule has 1 rings (SSSR count). The van der Waals surface area contributed by atoms with Crippen LogP contribution in [0.3, 0.4) is 0 Å². The van der Waals surface area contributed by atoms with Crippen molar-refractivity contribution >= 4 is 31.9 Å². The second kappa shape index (κ2) is 9.04. The van der Waals surface area contributed by atoms with Crippen molar-refractivity contribution < 1.29 is 4.74 Å². The van der Waals surface area contributed by atoms with Gasteiger partial charge in [-0.15, -0.1) is 0 Å². The maximum absolute atomic E-state index is 4.99. The normalized spacial score (nSPS) is 12.7. The van der Waals surface area contributed by atoms with Crippen molar-refractivity contribution in [1.82, 2.24) is 10.6 Å². The molecule has 0 saturated carbocycles. The van der Waals surface area contributed by atoms with E-state index in [4.69, 9.17) is 4.74 Å². The largest absolute Gasteiger partial charge is 0.383 e. The number of rotatable bonds is 8. The Kier molecular flexibility index (Phi) is 8.10. The summed E-state index contributed by atoms with van der Waals surface area (Å²) in [5, 5.41) is 6.83. The lowest BCUT2D eigenvalue weighted by Crippen LogP contribution is -2.37. The third-order valence-corrected chi connectivity index (χ3v) is 3.82. The van der Waals surface area contributed by atoms with Crippen molar-refractivity contribution in [2.45, 2.75) is 19.5 Å². The first kappa shape index (κ1) is 16.1. The van der Waals surface area contributed by atoms with Crippen molar-refractivity contribution in [1.29, 1.82) is 0 Å². The third kappa shape index (κ3) is 6.29. The van der Waals surface area contributed by atoms with Crippen LogP contribution in [0.2, 0.25) is 0 Å². The Morgan fingerprint density at radius 1 is 1.33 bits per heavy atom. The fraction of sp³-hybridized carbons (Fsp3) is 0.538. The molecule has 0 aliphatic carbocycles. The Morgan fingerprint density at radius 2 is 2.11 bits per heavy atom. The van der Waals surface area contributed by atoms with Gasteiger partial charge in [-0.3, -0.25) is 0 Å². The molecule has 0 spiro atoms. The fourth-order valence-electron chi connectivity index (χ4n) is 1.51. The average Bonchev–Trinajstić information content (AvgIpc) is 2.33. The van der Waals surface area contributed by atoms with Crippen LogP contribution in [-0.2, 0) is 11.3 Å². The van der Waals surface area contributed by atoms with E-state index in [9.17, 15) is 0 Å². The summed E-state index contributed by atoms with van der Waals surface area (Å²) in [6.45, 7) is 5.63. The highest BCUT2D eigenvalue weighted by molar-refractivity contribution is 9.11. The molecule has 2 N–H and O–H groups in total. The van der Waals surface area contributed by atoms with Crippen LogP contribution in [0.15, 0.2) is 27.1 Å². The van der Waals surface area contributed by atoms with Gasteiger partial charge in [-0.2, -0.15) is 0 Å². The van der Waals surface area contributed by atoms with Crippen molar-refractivity contribution in [3.05, 3.63) is 32.7 Å². The van der Waals surface area contributed by atoms with Crippen molar-refractivity contribution in [3.63, 3.8) is 0 Å². The summed E-state index contributed by atoms with van der Waals surface area (Å²) in [5.74, 6) is 0. The number of benzene rings is 1. The Labute approximate surface area is 126 Å². The molecule has 1 atom stereocenters. The van der Waals surface area contributed by atoms with Gasteiger partial charge in [0.2, 0.25) is 0 Å². The van der Waals surface area contributed by atoms with E-state index in [0.717, 1.165) is 35.2 Å². The molecular formula is C13H20Br2N2O. The summed E-state index contributed by atoms with van der Waals surface area (Å²) >= 11 is 7.02. The smallest absolute Gasteiger partial charge is 0.0587 e. The fourth-order valence-corrected chi connectivity index (χ4v) is 2.70. The molecule has 0 bridgehead atoms. The van der Waals surface area contributed by atoms with Gasteiger partial charge in [0, 0.05) is 41.7 Å². The molecular weight excluding hydrogens is 360 g/mol. The second-order valence-corrected chi connectivity index (χ2v) is 5.98. The molecule has 1 aromatic rings. The van der Waals surface area contributed by atoms with Crippen LogP contribution in [0.4, 0.5) is 0 Å². The van der Waals surface area contributed by atoms with Crippen LogP contribution in [-0.4, -0.2) is 32.8 Å². The maximum atomic E-state index is 4.99. The first-order chi connectivity index (χ1) is 8.63. The van der Waals surface area contributed by atoms with Crippen LogP contribution in [0.25, 0.3) is 0 Å². The molecule has 1 unspecified atom stereocenters. The maximum Gasteiger partial charge on any atom is 0.0587 e. The molecule has 18 heavy (non-hydrogen) atoms. The standard InChI is InChI=1S/C13H20Br2N2O/c1-10(8-16-5-6-18-2)17-9-11-3-4-12(14)7-13(11)15/h3-4,7,10,16-17H,5-6,8-9H2,1-2H3. The first-order valence-corrected chi connectivity index (χ1v) is 7.59. The molecule has 5 heteroatoms. The van der Waals surface area contributed by atoms with E-state index in [0.29, 0.717) is 6.04 Å². The van der Waals surface area contributed by atoms with Crippen molar-refractivity contribution in [3.8, 4) is 0 Å². The highest BCUT2D eigenvalue weighted by Gasteiger charge is 2.04. The number of ether oxygens (including phenoxy) is 1. The van der Waals surface area contributed by atoms with Crippen LogP contribution in [0.5, 0.6) is 0 Å². The van der Waals surface area contributed by atoms with Gasteiger partial charge < -0.3 is 15.4 Å². The lowest BCUT2D eigenvalue weighted by atomic mass is 10.2. The van der Waals surface area contributed by atoms with Gasteiger partial charge in [-0.25, -0.2) is 0 Å². The molecule has 0 heterocycles. The zero-order chi connectivity index (χ0) is 13.4. The van der Waals surface area contributed by atoms with E-state index < -0.39 is 0 Å². The minimum absolute atomic E-state index is 0.428. The van der Waals surface area contributed by atoms with Crippen LogP contribution >= 0.6 is 31.9 Å². The lowest BCUT2D eigenvalue weighted by molar-refractivity contribution is 0.198. The molecule has 1 aromatic carbocycles. The second-order valence-electron chi connectivity index (χ2n) is 4.21. The van der Waals surface area contributed by atoms with Crippen LogP contribution in [0.1, 0.15) is 12.5 Å². The molecule has 0 saturated heterocycles. The third-order valence-electron chi connectivity index (χ3n) is 2.59. The van der Waals surface area contributed by atoms with Gasteiger partial charge in [0.15, 0.2) is 0 Å². The zero-order valence-corrected chi connectivity index (χ0v) is 14.0. The van der Waals surface area contributed by atoms with Gasteiger partial charge in [0.1, 0.15) is 0 Å². The minimum Gasteiger partial charge on any atom is -0.383 e. The minimum atomic E-state index is 0.428. The Bertz CT molecular complexity index is 361. The molecule has 0 radical (unpaired) electrons. The molecule has 0 amide bonds. The van der Waals surface area contributed by atoms with Crippen LogP contribution < -0.4 is 10.6 Å². The Hall–Kier alpha value is 0.0600. The molecule has 0 fully saturated rings. The highest BCUT2D eigenvalue weighted by Crippen LogP contribution is 2.21. The molecule has 102 valence electrons. The Balaban J connectivity index is 2.27. The van der Waals surface area contributed by atoms with E-state index in [1.165, 1.54) is 5.56 Å². The predicted octanol–water partition coefficient (Wildman–Crippen LogP) is 2.93. The van der Waals surface area contributed by atoms with E-state index in [1.807, 2.05) is 0 Å². The lowest BCUT2D eigenvalue weighted by Gasteiger charge is -2.15. The monoisotopic (exact) mass is 378 g/mol. The first-order valence-electron chi connectivity index (χ1n) is 6.00. The van der Waals surface area contributed by atoms with Gasteiger partial charge in [0.05, 0.1) is 6.61 Å². The summed E-state index contributed by atoms with van der Waals surface area (Å²) in [5.41, 5.74) is 1.27. The number of hydrogen-bond donors (Lipinski definition) is 2. The zero-order valence-electron chi connectivity index (χ0n) is 10.8. The molecule has 0 aliphatic heterocycles. The number of methoxy groups -OCH3 is 1. The highest BCUT2D eigenvalue weighted by atomic mass is 79.9. The number of halogens is 2. The quantitative estimate of drug-likeness (QED) is 0.681. The van der Waals surface area contributed by atoms with E-state index in [-0.39, 0.29) is 0 Å². The number of nitrogens with one attached hydrogen (secondary N) is 2. The number of hydrogen-bond acceptors (Lipinski definition) is 3. The summed E-state index contributed by atoms with van der Waals surface area (Å²) in [6.07, 6.45) is 0. The predicted molar refractivity (Wildman–Crippen MR) is 82.9 cm³/mol. The van der Waals surface area contributed by atoms with E-state index in [1.54, 1.807) is 7.11 Å². The Morgan fingerprint density at radius 3 is 2.78 bits per heavy atom. The van der Waals surface area contributed by atoms with Crippen LogP contribution in [0, 0.1) is 0 Å². The SMILES string of the molecule is COCCNCC(C)NCc1ccc(Br)cc1Br. The summed E-state index contributed by atoms with van der Waals surface area (Å²) in [7, 11) is 1.72. The summed E-state index contributed by atoms with van der Waals surface area (Å²) < 4.78 is 7.21. The van der Waals surface area contributed by atoms with E-state index in [2.05, 4.69) is 67.6 Å². The molecule has 3 nitrogen and oxygen atoms in total. The topological polar surface area (TPSA) is 33.3 Å². The average molecular weight is 380 g/mol. The van der Waals surface area contributed by atoms with Gasteiger partial charge in [0.25, 0.3) is 0 Å². The molecule has 0 aliphatic rings.